The summed E-state index contributed by atoms with van der Waals surface area (Å²) in [5, 5.41) is 54.1. The number of allylic oxidation sites excluding steroid dienone is 3. The smallest absolute Gasteiger partial charge is 0.305 e. The molecule has 11 heteroatoms. The van der Waals surface area contributed by atoms with E-state index in [0.29, 0.717) is 19.4 Å². The Bertz CT molecular complexity index is 1170. The number of rotatable bonds is 48. The van der Waals surface area contributed by atoms with E-state index in [1.54, 1.807) is 6.08 Å². The molecule has 1 aliphatic heterocycles. The molecule has 1 amide bonds. The molecule has 0 saturated carbocycles. The van der Waals surface area contributed by atoms with Gasteiger partial charge in [0.1, 0.15) is 24.4 Å². The summed E-state index contributed by atoms with van der Waals surface area (Å²) in [6.07, 6.45) is 44.2. The van der Waals surface area contributed by atoms with Gasteiger partial charge in [0.05, 0.1) is 32.0 Å². The van der Waals surface area contributed by atoms with Crippen molar-refractivity contribution in [2.24, 2.45) is 0 Å². The van der Waals surface area contributed by atoms with E-state index in [9.17, 15) is 35.1 Å². The minimum absolute atomic E-state index is 0.0206. The van der Waals surface area contributed by atoms with E-state index in [1.165, 1.54) is 161 Å². The van der Waals surface area contributed by atoms with Gasteiger partial charge < -0.3 is 45.1 Å². The maximum Gasteiger partial charge on any atom is 0.305 e. The Labute approximate surface area is 410 Å². The van der Waals surface area contributed by atoms with Crippen LogP contribution < -0.4 is 5.32 Å². The van der Waals surface area contributed by atoms with Crippen LogP contribution in [-0.2, 0) is 23.8 Å². The van der Waals surface area contributed by atoms with E-state index < -0.39 is 49.5 Å². The second-order valence-corrected chi connectivity index (χ2v) is 19.6. The maximum absolute atomic E-state index is 13.0. The Morgan fingerprint density at radius 3 is 1.48 bits per heavy atom. The first-order chi connectivity index (χ1) is 32.7. The van der Waals surface area contributed by atoms with Gasteiger partial charge in [-0.25, -0.2) is 0 Å². The summed E-state index contributed by atoms with van der Waals surface area (Å²) in [6.45, 7) is 4.24. The molecule has 1 fully saturated rings. The molecule has 7 unspecified atom stereocenters. The van der Waals surface area contributed by atoms with Crippen molar-refractivity contribution < 1.29 is 49.3 Å². The van der Waals surface area contributed by atoms with Gasteiger partial charge in [-0.1, -0.05) is 224 Å². The van der Waals surface area contributed by atoms with Crippen LogP contribution in [0.3, 0.4) is 0 Å². The molecule has 7 atom stereocenters. The van der Waals surface area contributed by atoms with Crippen LogP contribution in [0.4, 0.5) is 0 Å². The lowest BCUT2D eigenvalue weighted by molar-refractivity contribution is -0.302. The molecular formula is C56H105NO10. The third-order valence-electron chi connectivity index (χ3n) is 13.3. The molecule has 6 N–H and O–H groups in total. The van der Waals surface area contributed by atoms with E-state index in [-0.39, 0.29) is 18.5 Å². The second kappa shape index (κ2) is 46.5. The molecule has 0 radical (unpaired) electrons. The number of hydrogen-bond donors (Lipinski definition) is 6. The normalized spacial score (nSPS) is 19.7. The highest BCUT2D eigenvalue weighted by Crippen LogP contribution is 2.23. The Morgan fingerprint density at radius 2 is 0.970 bits per heavy atom. The molecule has 0 aromatic heterocycles. The number of carbonyl (C=O) groups is 2. The topological polar surface area (TPSA) is 175 Å². The average molecular weight is 952 g/mol. The number of aliphatic hydroxyl groups excluding tert-OH is 5. The molecule has 1 aliphatic rings. The SMILES string of the molecule is CCCCC/C=C/CC/C=C/C(O)C(COC1OC(CO)C(O)C(O)C1O)NC(=O)CCCCCCCCCCCCCCCCOC(=O)CCCCCCCCCCCCCCCCCC. The van der Waals surface area contributed by atoms with Crippen molar-refractivity contribution >= 4 is 11.9 Å². The number of nitrogens with one attached hydrogen (secondary N) is 1. The molecule has 1 saturated heterocycles. The van der Waals surface area contributed by atoms with Crippen molar-refractivity contribution in [3.8, 4) is 0 Å². The summed E-state index contributed by atoms with van der Waals surface area (Å²) in [5.41, 5.74) is 0. The minimum Gasteiger partial charge on any atom is -0.466 e. The molecule has 1 rings (SSSR count). The standard InChI is InChI=1S/C56H105NO10/c1-3-5-7-9-11-13-14-15-16-17-21-24-28-32-36-40-44-52(61)65-45-41-37-33-29-25-22-19-18-20-23-27-31-35-39-43-51(60)57-48(49(59)42-38-34-30-26-12-10-8-6-4-2)47-66-56-55(64)54(63)53(62)50(46-58)67-56/h12,26,38,42,48-50,53-56,58-59,62-64H,3-11,13-25,27-37,39-41,43-47H2,1-2H3,(H,57,60)/b26-12+,42-38+. The van der Waals surface area contributed by atoms with Gasteiger partial charge in [-0.3, -0.25) is 9.59 Å². The predicted molar refractivity (Wildman–Crippen MR) is 274 cm³/mol. The third kappa shape index (κ3) is 36.7. The van der Waals surface area contributed by atoms with Crippen LogP contribution in [0.5, 0.6) is 0 Å². The monoisotopic (exact) mass is 952 g/mol. The summed E-state index contributed by atoms with van der Waals surface area (Å²) in [7, 11) is 0. The number of unbranched alkanes of at least 4 members (excludes halogenated alkanes) is 32. The van der Waals surface area contributed by atoms with Crippen molar-refractivity contribution in [2.45, 2.75) is 301 Å². The van der Waals surface area contributed by atoms with E-state index >= 15 is 0 Å². The zero-order valence-electron chi connectivity index (χ0n) is 43.1. The Morgan fingerprint density at radius 1 is 0.537 bits per heavy atom. The van der Waals surface area contributed by atoms with Crippen molar-refractivity contribution in [1.82, 2.24) is 5.32 Å². The second-order valence-electron chi connectivity index (χ2n) is 19.6. The molecule has 0 aromatic carbocycles. The minimum atomic E-state index is -1.58. The summed E-state index contributed by atoms with van der Waals surface area (Å²) in [4.78, 5) is 25.1. The van der Waals surface area contributed by atoms with Gasteiger partial charge >= 0.3 is 5.97 Å². The van der Waals surface area contributed by atoms with Gasteiger partial charge in [-0.15, -0.1) is 0 Å². The molecule has 0 bridgehead atoms. The number of ether oxygens (including phenoxy) is 3. The number of esters is 1. The van der Waals surface area contributed by atoms with Gasteiger partial charge in [0.2, 0.25) is 5.91 Å². The van der Waals surface area contributed by atoms with Crippen molar-refractivity contribution in [2.75, 3.05) is 19.8 Å². The fourth-order valence-corrected chi connectivity index (χ4v) is 8.80. The molecule has 0 spiro atoms. The lowest BCUT2D eigenvalue weighted by atomic mass is 9.99. The van der Waals surface area contributed by atoms with Crippen molar-refractivity contribution in [3.63, 3.8) is 0 Å². The average Bonchev–Trinajstić information content (AvgIpc) is 3.32. The lowest BCUT2D eigenvalue weighted by Gasteiger charge is -2.40. The first kappa shape index (κ1) is 63.2. The van der Waals surface area contributed by atoms with Gasteiger partial charge in [-0.2, -0.15) is 0 Å². The van der Waals surface area contributed by atoms with E-state index in [2.05, 4.69) is 31.3 Å². The first-order valence-electron chi connectivity index (χ1n) is 28.1. The van der Waals surface area contributed by atoms with Crippen LogP contribution in [0.2, 0.25) is 0 Å². The van der Waals surface area contributed by atoms with Crippen LogP contribution in [0.1, 0.15) is 258 Å². The molecule has 1 heterocycles. The summed E-state index contributed by atoms with van der Waals surface area (Å²) in [6, 6.07) is -0.833. The highest BCUT2D eigenvalue weighted by molar-refractivity contribution is 5.76. The fourth-order valence-electron chi connectivity index (χ4n) is 8.80. The van der Waals surface area contributed by atoms with Crippen molar-refractivity contribution in [3.05, 3.63) is 24.3 Å². The number of hydrogen-bond acceptors (Lipinski definition) is 10. The molecule has 0 aliphatic carbocycles. The highest BCUT2D eigenvalue weighted by Gasteiger charge is 2.44. The van der Waals surface area contributed by atoms with E-state index in [4.69, 9.17) is 14.2 Å². The van der Waals surface area contributed by atoms with Crippen LogP contribution in [0.25, 0.3) is 0 Å². The van der Waals surface area contributed by atoms with Crippen molar-refractivity contribution in [1.29, 1.82) is 0 Å². The van der Waals surface area contributed by atoms with Gasteiger partial charge in [0, 0.05) is 12.8 Å². The molecule has 11 nitrogen and oxygen atoms in total. The van der Waals surface area contributed by atoms with Crippen LogP contribution in [0.15, 0.2) is 24.3 Å². The lowest BCUT2D eigenvalue weighted by Crippen LogP contribution is -2.60. The number of amides is 1. The van der Waals surface area contributed by atoms with E-state index in [0.717, 1.165) is 70.6 Å². The Hall–Kier alpha value is -1.86. The quantitative estimate of drug-likeness (QED) is 0.0196. The first-order valence-corrected chi connectivity index (χ1v) is 28.1. The van der Waals surface area contributed by atoms with Gasteiger partial charge in [0.25, 0.3) is 0 Å². The number of carbonyl (C=O) groups excluding carboxylic acids is 2. The zero-order chi connectivity index (χ0) is 48.8. The summed E-state index contributed by atoms with van der Waals surface area (Å²) < 4.78 is 16.6. The van der Waals surface area contributed by atoms with Crippen LogP contribution >= 0.6 is 0 Å². The summed E-state index contributed by atoms with van der Waals surface area (Å²) in [5.74, 6) is -0.225. The molecule has 0 aromatic rings. The van der Waals surface area contributed by atoms with Crippen LogP contribution in [0, 0.1) is 0 Å². The Kier molecular flexibility index (Phi) is 43.8. The van der Waals surface area contributed by atoms with E-state index in [1.807, 2.05) is 6.08 Å². The highest BCUT2D eigenvalue weighted by atomic mass is 16.7. The third-order valence-corrected chi connectivity index (χ3v) is 13.3. The fraction of sp³-hybridized carbons (Fsp3) is 0.893. The molecule has 394 valence electrons. The Balaban J connectivity index is 2.06. The largest absolute Gasteiger partial charge is 0.466 e. The van der Waals surface area contributed by atoms with Gasteiger partial charge in [-0.05, 0) is 44.9 Å². The summed E-state index contributed by atoms with van der Waals surface area (Å²) >= 11 is 0. The zero-order valence-corrected chi connectivity index (χ0v) is 43.1. The maximum atomic E-state index is 13.0. The molecular weight excluding hydrogens is 847 g/mol. The number of aliphatic hydroxyl groups is 5. The van der Waals surface area contributed by atoms with Gasteiger partial charge in [0.15, 0.2) is 6.29 Å². The predicted octanol–water partition coefficient (Wildman–Crippen LogP) is 12.2. The molecule has 67 heavy (non-hydrogen) atoms. The van der Waals surface area contributed by atoms with Crippen LogP contribution in [-0.4, -0.2) is 100 Å².